The van der Waals surface area contributed by atoms with Crippen molar-refractivity contribution < 1.29 is 8.78 Å². The first kappa shape index (κ1) is 15.4. The van der Waals surface area contributed by atoms with Crippen LogP contribution in [0.25, 0.3) is 0 Å². The molecule has 112 valence electrons. The van der Waals surface area contributed by atoms with Crippen LogP contribution >= 0.6 is 0 Å². The highest BCUT2D eigenvalue weighted by Crippen LogP contribution is 2.24. The molecule has 0 radical (unpaired) electrons. The van der Waals surface area contributed by atoms with Crippen LogP contribution in [0.5, 0.6) is 0 Å². The molecule has 1 aliphatic rings. The van der Waals surface area contributed by atoms with E-state index in [2.05, 4.69) is 17.1 Å². The SMILES string of the molecule is CCN(CC1CCNCC1)C(C)c1cc(F)cc(F)c1. The van der Waals surface area contributed by atoms with Crippen LogP contribution < -0.4 is 5.32 Å². The van der Waals surface area contributed by atoms with E-state index < -0.39 is 11.6 Å². The number of hydrogen-bond acceptors (Lipinski definition) is 2. The number of piperidine rings is 1. The number of nitrogens with zero attached hydrogens (tertiary/aromatic N) is 1. The molecule has 1 unspecified atom stereocenters. The monoisotopic (exact) mass is 282 g/mol. The first-order valence-electron chi connectivity index (χ1n) is 7.51. The molecule has 1 aromatic rings. The molecular formula is C16H24F2N2. The van der Waals surface area contributed by atoms with Gasteiger partial charge in [-0.2, -0.15) is 0 Å². The van der Waals surface area contributed by atoms with Crippen LogP contribution in [0.4, 0.5) is 8.78 Å². The van der Waals surface area contributed by atoms with Crippen molar-refractivity contribution in [3.8, 4) is 0 Å². The zero-order valence-electron chi connectivity index (χ0n) is 12.3. The molecule has 1 aromatic carbocycles. The molecular weight excluding hydrogens is 258 g/mol. The third-order valence-electron chi connectivity index (χ3n) is 4.27. The van der Waals surface area contributed by atoms with E-state index in [1.165, 1.54) is 25.0 Å². The standard InChI is InChI=1S/C16H24F2N2/c1-3-20(11-13-4-6-19-7-5-13)12(2)14-8-15(17)10-16(18)9-14/h8-10,12-13,19H,3-7,11H2,1-2H3. The Morgan fingerprint density at radius 1 is 1.20 bits per heavy atom. The fraction of sp³-hybridized carbons (Fsp3) is 0.625. The number of benzene rings is 1. The van der Waals surface area contributed by atoms with Crippen LogP contribution in [-0.4, -0.2) is 31.1 Å². The van der Waals surface area contributed by atoms with Gasteiger partial charge in [-0.15, -0.1) is 0 Å². The Labute approximate surface area is 120 Å². The average molecular weight is 282 g/mol. The van der Waals surface area contributed by atoms with Crippen LogP contribution in [0.2, 0.25) is 0 Å². The van der Waals surface area contributed by atoms with E-state index >= 15 is 0 Å². The lowest BCUT2D eigenvalue weighted by Crippen LogP contribution is -2.37. The van der Waals surface area contributed by atoms with Crippen molar-refractivity contribution in [2.45, 2.75) is 32.7 Å². The van der Waals surface area contributed by atoms with Crippen molar-refractivity contribution >= 4 is 0 Å². The smallest absolute Gasteiger partial charge is 0.126 e. The summed E-state index contributed by atoms with van der Waals surface area (Å²) in [6, 6.07) is 3.86. The zero-order chi connectivity index (χ0) is 14.5. The zero-order valence-corrected chi connectivity index (χ0v) is 12.3. The molecule has 0 saturated carbocycles. The minimum Gasteiger partial charge on any atom is -0.317 e. The summed E-state index contributed by atoms with van der Waals surface area (Å²) in [7, 11) is 0. The minimum atomic E-state index is -0.496. The summed E-state index contributed by atoms with van der Waals surface area (Å²) < 4.78 is 26.7. The van der Waals surface area contributed by atoms with Crippen molar-refractivity contribution in [1.29, 1.82) is 0 Å². The van der Waals surface area contributed by atoms with Crippen LogP contribution in [0, 0.1) is 17.6 Å². The van der Waals surface area contributed by atoms with Crippen molar-refractivity contribution in [1.82, 2.24) is 10.2 Å². The lowest BCUT2D eigenvalue weighted by atomic mass is 9.96. The Morgan fingerprint density at radius 2 is 1.80 bits per heavy atom. The second kappa shape index (κ2) is 7.14. The summed E-state index contributed by atoms with van der Waals surface area (Å²) in [6.45, 7) is 8.17. The van der Waals surface area contributed by atoms with Gasteiger partial charge in [-0.1, -0.05) is 6.92 Å². The number of nitrogens with one attached hydrogen (secondary N) is 1. The fourth-order valence-electron chi connectivity index (χ4n) is 2.98. The van der Waals surface area contributed by atoms with Crippen molar-refractivity contribution in [2.24, 2.45) is 5.92 Å². The number of rotatable bonds is 5. The van der Waals surface area contributed by atoms with Gasteiger partial charge in [0.1, 0.15) is 11.6 Å². The molecule has 1 fully saturated rings. The minimum absolute atomic E-state index is 0.0417. The van der Waals surface area contributed by atoms with Gasteiger partial charge in [-0.05, 0) is 63.0 Å². The normalized spacial score (nSPS) is 18.4. The predicted octanol–water partition coefficient (Wildman–Crippen LogP) is 3.35. The molecule has 0 spiro atoms. The van der Waals surface area contributed by atoms with E-state index in [0.29, 0.717) is 5.92 Å². The fourth-order valence-corrected chi connectivity index (χ4v) is 2.98. The van der Waals surface area contributed by atoms with Gasteiger partial charge in [0.05, 0.1) is 0 Å². The van der Waals surface area contributed by atoms with Crippen LogP contribution in [0.15, 0.2) is 18.2 Å². The molecule has 1 N–H and O–H groups in total. The first-order chi connectivity index (χ1) is 9.60. The summed E-state index contributed by atoms with van der Waals surface area (Å²) in [5.74, 6) is -0.313. The molecule has 1 atom stereocenters. The predicted molar refractivity (Wildman–Crippen MR) is 77.6 cm³/mol. The first-order valence-corrected chi connectivity index (χ1v) is 7.51. The molecule has 0 bridgehead atoms. The molecule has 0 aromatic heterocycles. The molecule has 0 amide bonds. The molecule has 2 nitrogen and oxygen atoms in total. The van der Waals surface area contributed by atoms with Crippen molar-refractivity contribution in [3.63, 3.8) is 0 Å². The van der Waals surface area contributed by atoms with Crippen LogP contribution in [0.1, 0.15) is 38.3 Å². The average Bonchev–Trinajstić information content (AvgIpc) is 2.44. The summed E-state index contributed by atoms with van der Waals surface area (Å²) in [4.78, 5) is 2.31. The van der Waals surface area contributed by atoms with E-state index in [4.69, 9.17) is 0 Å². The van der Waals surface area contributed by atoms with E-state index in [-0.39, 0.29) is 6.04 Å². The van der Waals surface area contributed by atoms with E-state index in [9.17, 15) is 8.78 Å². The van der Waals surface area contributed by atoms with Crippen molar-refractivity contribution in [3.05, 3.63) is 35.4 Å². The highest BCUT2D eigenvalue weighted by atomic mass is 19.1. The van der Waals surface area contributed by atoms with E-state index in [0.717, 1.165) is 37.8 Å². The van der Waals surface area contributed by atoms with Crippen LogP contribution in [0.3, 0.4) is 0 Å². The Kier molecular flexibility index (Phi) is 5.49. The van der Waals surface area contributed by atoms with Gasteiger partial charge in [0, 0.05) is 18.7 Å². The van der Waals surface area contributed by atoms with Crippen molar-refractivity contribution in [2.75, 3.05) is 26.2 Å². The van der Waals surface area contributed by atoms with Gasteiger partial charge in [-0.25, -0.2) is 8.78 Å². The summed E-state index contributed by atoms with van der Waals surface area (Å²) >= 11 is 0. The summed E-state index contributed by atoms with van der Waals surface area (Å²) in [5.41, 5.74) is 0.721. The number of hydrogen-bond donors (Lipinski definition) is 1. The van der Waals surface area contributed by atoms with E-state index in [1.54, 1.807) is 0 Å². The maximum absolute atomic E-state index is 13.3. The molecule has 4 heteroatoms. The molecule has 1 aliphatic heterocycles. The quantitative estimate of drug-likeness (QED) is 0.891. The van der Waals surface area contributed by atoms with Gasteiger partial charge >= 0.3 is 0 Å². The highest BCUT2D eigenvalue weighted by molar-refractivity contribution is 5.21. The maximum Gasteiger partial charge on any atom is 0.126 e. The molecule has 0 aliphatic carbocycles. The Balaban J connectivity index is 2.05. The molecule has 2 rings (SSSR count). The molecule has 1 heterocycles. The summed E-state index contributed by atoms with van der Waals surface area (Å²) in [6.07, 6.45) is 2.36. The third-order valence-corrected chi connectivity index (χ3v) is 4.27. The van der Waals surface area contributed by atoms with Gasteiger partial charge in [0.2, 0.25) is 0 Å². The van der Waals surface area contributed by atoms with Gasteiger partial charge in [-0.3, -0.25) is 4.90 Å². The summed E-state index contributed by atoms with van der Waals surface area (Å²) in [5, 5.41) is 3.36. The number of halogens is 2. The topological polar surface area (TPSA) is 15.3 Å². The Bertz CT molecular complexity index is 410. The van der Waals surface area contributed by atoms with Crippen LogP contribution in [-0.2, 0) is 0 Å². The molecule has 20 heavy (non-hydrogen) atoms. The second-order valence-electron chi connectivity index (χ2n) is 5.66. The highest BCUT2D eigenvalue weighted by Gasteiger charge is 2.21. The third kappa shape index (κ3) is 4.00. The van der Waals surface area contributed by atoms with Gasteiger partial charge in [0.25, 0.3) is 0 Å². The maximum atomic E-state index is 13.3. The second-order valence-corrected chi connectivity index (χ2v) is 5.66. The Hall–Kier alpha value is -1.00. The molecule has 1 saturated heterocycles. The lowest BCUT2D eigenvalue weighted by Gasteiger charge is -2.33. The lowest BCUT2D eigenvalue weighted by molar-refractivity contribution is 0.168. The van der Waals surface area contributed by atoms with Gasteiger partial charge in [0.15, 0.2) is 0 Å². The van der Waals surface area contributed by atoms with E-state index in [1.807, 2.05) is 6.92 Å². The van der Waals surface area contributed by atoms with Gasteiger partial charge < -0.3 is 5.32 Å². The largest absolute Gasteiger partial charge is 0.317 e. The Morgan fingerprint density at radius 3 is 2.35 bits per heavy atom.